The van der Waals surface area contributed by atoms with Crippen LogP contribution in [-0.4, -0.2) is 55.9 Å². The van der Waals surface area contributed by atoms with Gasteiger partial charge in [0, 0.05) is 18.6 Å². The lowest BCUT2D eigenvalue weighted by Gasteiger charge is -2.27. The minimum Gasteiger partial charge on any atom is -0.338 e. The minimum absolute atomic E-state index is 0.0000926. The Hall–Kier alpha value is -0.620. The lowest BCUT2D eigenvalue weighted by atomic mass is 10.2. The zero-order valence-electron chi connectivity index (χ0n) is 11.5. The third kappa shape index (κ3) is 4.24. The molecule has 0 spiro atoms. The summed E-state index contributed by atoms with van der Waals surface area (Å²) in [7, 11) is -2.93. The van der Waals surface area contributed by atoms with Gasteiger partial charge >= 0.3 is 0 Å². The number of carbonyl (C=O) groups excluding carboxylic acids is 1. The Morgan fingerprint density at radius 3 is 2.56 bits per heavy atom. The smallest absolute Gasteiger partial charge is 0.236 e. The molecular formula is C12H24N2O3S. The lowest BCUT2D eigenvalue weighted by Crippen LogP contribution is -2.46. The molecule has 1 heterocycles. The van der Waals surface area contributed by atoms with Crippen LogP contribution in [-0.2, 0) is 14.6 Å². The van der Waals surface area contributed by atoms with Crippen molar-refractivity contribution in [3.63, 3.8) is 0 Å². The van der Waals surface area contributed by atoms with Crippen LogP contribution in [0.25, 0.3) is 0 Å². The van der Waals surface area contributed by atoms with Crippen molar-refractivity contribution in [2.75, 3.05) is 24.6 Å². The summed E-state index contributed by atoms with van der Waals surface area (Å²) in [6.07, 6.45) is 1.54. The summed E-state index contributed by atoms with van der Waals surface area (Å²) in [4.78, 5) is 13.8. The van der Waals surface area contributed by atoms with E-state index in [1.807, 2.05) is 13.8 Å². The van der Waals surface area contributed by atoms with Crippen molar-refractivity contribution in [2.24, 2.45) is 0 Å². The number of nitrogens with one attached hydrogen (secondary N) is 1. The minimum atomic E-state index is -2.93. The third-order valence-corrected chi connectivity index (χ3v) is 5.27. The number of carbonyl (C=O) groups is 1. The topological polar surface area (TPSA) is 66.5 Å². The number of nitrogens with zero attached hydrogens (tertiary/aromatic N) is 1. The van der Waals surface area contributed by atoms with Crippen LogP contribution in [0.15, 0.2) is 0 Å². The Labute approximate surface area is 110 Å². The largest absolute Gasteiger partial charge is 0.338 e. The summed E-state index contributed by atoms with van der Waals surface area (Å²) in [6.45, 7) is 6.85. The second-order valence-electron chi connectivity index (χ2n) is 4.93. The molecule has 18 heavy (non-hydrogen) atoms. The molecule has 0 saturated carbocycles. The molecule has 0 aliphatic carbocycles. The molecule has 2 atom stereocenters. The summed E-state index contributed by atoms with van der Waals surface area (Å²) in [5, 5.41) is 3.15. The van der Waals surface area contributed by atoms with E-state index in [0.717, 1.165) is 6.42 Å². The van der Waals surface area contributed by atoms with Gasteiger partial charge in [0.2, 0.25) is 5.91 Å². The first kappa shape index (κ1) is 15.4. The van der Waals surface area contributed by atoms with Gasteiger partial charge in [-0.2, -0.15) is 0 Å². The molecule has 1 fully saturated rings. The second kappa shape index (κ2) is 6.52. The fourth-order valence-electron chi connectivity index (χ4n) is 2.17. The number of rotatable bonds is 6. The highest BCUT2D eigenvalue weighted by Gasteiger charge is 2.33. The standard InChI is InChI=1S/C12H24N2O3S/c1-4-10(3)13-8-12(15)14(5-2)11-6-7-18(16,17)9-11/h10-11,13H,4-9H2,1-3H3. The van der Waals surface area contributed by atoms with Crippen molar-refractivity contribution in [1.29, 1.82) is 0 Å². The van der Waals surface area contributed by atoms with Gasteiger partial charge in [0.05, 0.1) is 18.1 Å². The molecule has 1 N–H and O–H groups in total. The summed E-state index contributed by atoms with van der Waals surface area (Å²) in [6, 6.07) is 0.172. The van der Waals surface area contributed by atoms with Crippen LogP contribution in [0.5, 0.6) is 0 Å². The van der Waals surface area contributed by atoms with Gasteiger partial charge in [0.25, 0.3) is 0 Å². The molecule has 1 aliphatic rings. The molecule has 0 aromatic carbocycles. The quantitative estimate of drug-likeness (QED) is 0.763. The molecule has 0 aromatic heterocycles. The van der Waals surface area contributed by atoms with E-state index < -0.39 is 9.84 Å². The third-order valence-electron chi connectivity index (χ3n) is 3.52. The molecule has 0 aromatic rings. The lowest BCUT2D eigenvalue weighted by molar-refractivity contribution is -0.132. The van der Waals surface area contributed by atoms with Gasteiger partial charge in [-0.15, -0.1) is 0 Å². The van der Waals surface area contributed by atoms with E-state index in [1.54, 1.807) is 4.90 Å². The van der Waals surface area contributed by atoms with E-state index >= 15 is 0 Å². The van der Waals surface area contributed by atoms with Gasteiger partial charge in [-0.3, -0.25) is 4.79 Å². The highest BCUT2D eigenvalue weighted by Crippen LogP contribution is 2.17. The Morgan fingerprint density at radius 2 is 2.11 bits per heavy atom. The number of sulfone groups is 1. The summed E-state index contributed by atoms with van der Waals surface area (Å²) in [5.74, 6) is 0.329. The van der Waals surface area contributed by atoms with E-state index in [-0.39, 0.29) is 23.5 Å². The van der Waals surface area contributed by atoms with Gasteiger partial charge in [-0.05, 0) is 26.7 Å². The highest BCUT2D eigenvalue weighted by atomic mass is 32.2. The van der Waals surface area contributed by atoms with Gasteiger partial charge in [0.1, 0.15) is 0 Å². The molecule has 2 unspecified atom stereocenters. The molecule has 1 rings (SSSR count). The fraction of sp³-hybridized carbons (Fsp3) is 0.917. The molecule has 1 saturated heterocycles. The number of amides is 1. The Balaban J connectivity index is 2.53. The molecule has 0 radical (unpaired) electrons. The zero-order chi connectivity index (χ0) is 13.8. The van der Waals surface area contributed by atoms with E-state index in [4.69, 9.17) is 0 Å². The maximum atomic E-state index is 12.1. The first-order chi connectivity index (χ1) is 8.39. The maximum absolute atomic E-state index is 12.1. The van der Waals surface area contributed by atoms with E-state index in [1.165, 1.54) is 0 Å². The zero-order valence-corrected chi connectivity index (χ0v) is 12.3. The normalized spacial score (nSPS) is 23.8. The summed E-state index contributed by atoms with van der Waals surface area (Å²) >= 11 is 0. The molecule has 5 nitrogen and oxygen atoms in total. The van der Waals surface area contributed by atoms with Crippen LogP contribution in [0, 0.1) is 0 Å². The number of likely N-dealkylation sites (N-methyl/N-ethyl adjacent to an activating group) is 1. The van der Waals surface area contributed by atoms with Crippen LogP contribution in [0.3, 0.4) is 0 Å². The van der Waals surface area contributed by atoms with Crippen molar-refractivity contribution < 1.29 is 13.2 Å². The summed E-state index contributed by atoms with van der Waals surface area (Å²) < 4.78 is 22.9. The molecular weight excluding hydrogens is 252 g/mol. The van der Waals surface area contributed by atoms with Crippen LogP contribution < -0.4 is 5.32 Å². The number of hydrogen-bond acceptors (Lipinski definition) is 4. The van der Waals surface area contributed by atoms with Gasteiger partial charge in [0.15, 0.2) is 9.84 Å². The van der Waals surface area contributed by atoms with Crippen molar-refractivity contribution >= 4 is 15.7 Å². The van der Waals surface area contributed by atoms with Crippen molar-refractivity contribution in [3.05, 3.63) is 0 Å². The maximum Gasteiger partial charge on any atom is 0.236 e. The van der Waals surface area contributed by atoms with Crippen molar-refractivity contribution in [2.45, 2.75) is 45.7 Å². The first-order valence-electron chi connectivity index (χ1n) is 6.62. The summed E-state index contributed by atoms with van der Waals surface area (Å²) in [5.41, 5.74) is 0. The van der Waals surface area contributed by atoms with Gasteiger partial charge in [-0.1, -0.05) is 6.92 Å². The Bertz CT molecular complexity index is 381. The van der Waals surface area contributed by atoms with Gasteiger partial charge in [-0.25, -0.2) is 8.42 Å². The SMILES string of the molecule is CCC(C)NCC(=O)N(CC)C1CCS(=O)(=O)C1. The van der Waals surface area contributed by atoms with E-state index in [2.05, 4.69) is 12.2 Å². The van der Waals surface area contributed by atoms with Crippen molar-refractivity contribution in [1.82, 2.24) is 10.2 Å². The van der Waals surface area contributed by atoms with Crippen LogP contribution in [0.2, 0.25) is 0 Å². The van der Waals surface area contributed by atoms with E-state index in [0.29, 0.717) is 25.6 Å². The first-order valence-corrected chi connectivity index (χ1v) is 8.45. The molecule has 1 aliphatic heterocycles. The average molecular weight is 276 g/mol. The average Bonchev–Trinajstić information content (AvgIpc) is 2.67. The monoisotopic (exact) mass is 276 g/mol. The Morgan fingerprint density at radius 1 is 1.44 bits per heavy atom. The molecule has 1 amide bonds. The van der Waals surface area contributed by atoms with Crippen molar-refractivity contribution in [3.8, 4) is 0 Å². The molecule has 6 heteroatoms. The highest BCUT2D eigenvalue weighted by molar-refractivity contribution is 7.91. The second-order valence-corrected chi connectivity index (χ2v) is 7.16. The van der Waals surface area contributed by atoms with Crippen LogP contribution >= 0.6 is 0 Å². The molecule has 0 bridgehead atoms. The van der Waals surface area contributed by atoms with Crippen LogP contribution in [0.4, 0.5) is 0 Å². The number of hydrogen-bond donors (Lipinski definition) is 1. The Kier molecular flexibility index (Phi) is 5.59. The predicted octanol–water partition coefficient (Wildman–Crippen LogP) is 0.410. The molecule has 106 valence electrons. The fourth-order valence-corrected chi connectivity index (χ4v) is 3.90. The van der Waals surface area contributed by atoms with Crippen LogP contribution in [0.1, 0.15) is 33.6 Å². The van der Waals surface area contributed by atoms with Gasteiger partial charge < -0.3 is 10.2 Å². The predicted molar refractivity (Wildman–Crippen MR) is 72.2 cm³/mol. The van der Waals surface area contributed by atoms with E-state index in [9.17, 15) is 13.2 Å².